The van der Waals surface area contributed by atoms with Crippen LogP contribution in [0.15, 0.2) is 81.2 Å². The number of nitrogens with one attached hydrogen (secondary N) is 1. The van der Waals surface area contributed by atoms with E-state index < -0.39 is 5.91 Å². The lowest BCUT2D eigenvalue weighted by Gasteiger charge is -2.09. The van der Waals surface area contributed by atoms with E-state index in [-0.39, 0.29) is 5.57 Å². The first-order chi connectivity index (χ1) is 14.4. The summed E-state index contributed by atoms with van der Waals surface area (Å²) in [6, 6.07) is 22.7. The molecule has 1 amide bonds. The highest BCUT2D eigenvalue weighted by molar-refractivity contribution is 9.10. The van der Waals surface area contributed by atoms with Gasteiger partial charge in [0.1, 0.15) is 24.0 Å². The minimum atomic E-state index is -0.451. The minimum Gasteiger partial charge on any atom is -0.488 e. The van der Waals surface area contributed by atoms with E-state index in [1.54, 1.807) is 24.3 Å². The molecule has 6 heteroatoms. The number of halogens is 2. The summed E-state index contributed by atoms with van der Waals surface area (Å²) in [5.41, 5.74) is 3.52. The molecule has 1 N–H and O–H groups in total. The van der Waals surface area contributed by atoms with E-state index in [1.807, 2.05) is 61.5 Å². The molecule has 0 aromatic heterocycles. The second-order valence-electron chi connectivity index (χ2n) is 6.59. The van der Waals surface area contributed by atoms with Gasteiger partial charge >= 0.3 is 0 Å². The monoisotopic (exact) mass is 524 g/mol. The van der Waals surface area contributed by atoms with Crippen LogP contribution in [0, 0.1) is 18.3 Å². The average Bonchev–Trinajstić information content (AvgIpc) is 2.74. The van der Waals surface area contributed by atoms with Gasteiger partial charge in [-0.15, -0.1) is 0 Å². The molecule has 3 aromatic carbocycles. The van der Waals surface area contributed by atoms with Crippen molar-refractivity contribution in [3.8, 4) is 11.8 Å². The van der Waals surface area contributed by atoms with Gasteiger partial charge in [0.25, 0.3) is 5.91 Å². The zero-order valence-corrected chi connectivity index (χ0v) is 19.3. The second-order valence-corrected chi connectivity index (χ2v) is 8.36. The molecular weight excluding hydrogens is 508 g/mol. The van der Waals surface area contributed by atoms with Crippen molar-refractivity contribution in [3.05, 3.63) is 97.9 Å². The third-order valence-corrected chi connectivity index (χ3v) is 5.40. The van der Waals surface area contributed by atoms with Crippen molar-refractivity contribution < 1.29 is 9.53 Å². The second kappa shape index (κ2) is 10.2. The average molecular weight is 526 g/mol. The number of nitrogens with zero attached hydrogens (tertiary/aromatic N) is 1. The maximum atomic E-state index is 12.4. The number of carbonyl (C=O) groups is 1. The van der Waals surface area contributed by atoms with Crippen molar-refractivity contribution in [2.45, 2.75) is 13.5 Å². The Kier molecular flexibility index (Phi) is 7.45. The first-order valence-corrected chi connectivity index (χ1v) is 10.7. The van der Waals surface area contributed by atoms with Crippen LogP contribution in [0.25, 0.3) is 6.08 Å². The Labute approximate surface area is 192 Å². The van der Waals surface area contributed by atoms with Crippen LogP contribution in [0.5, 0.6) is 5.75 Å². The van der Waals surface area contributed by atoms with Crippen molar-refractivity contribution in [2.24, 2.45) is 0 Å². The third-order valence-electron chi connectivity index (χ3n) is 4.25. The van der Waals surface area contributed by atoms with Crippen LogP contribution in [-0.4, -0.2) is 5.91 Å². The van der Waals surface area contributed by atoms with Crippen LogP contribution < -0.4 is 10.1 Å². The van der Waals surface area contributed by atoms with Crippen LogP contribution >= 0.6 is 31.9 Å². The largest absolute Gasteiger partial charge is 0.488 e. The molecule has 0 atom stereocenters. The number of aryl methyl sites for hydroxylation is 1. The van der Waals surface area contributed by atoms with E-state index in [1.165, 1.54) is 0 Å². The van der Waals surface area contributed by atoms with Crippen LogP contribution in [-0.2, 0) is 11.4 Å². The Balaban J connectivity index is 1.69. The summed E-state index contributed by atoms with van der Waals surface area (Å²) in [7, 11) is 0. The summed E-state index contributed by atoms with van der Waals surface area (Å²) in [5.74, 6) is 0.228. The summed E-state index contributed by atoms with van der Waals surface area (Å²) >= 11 is 6.91. The SMILES string of the molecule is Cc1ccc(NC(=O)/C(C#N)=C/c2ccc(OCc3ccc(Br)cc3)c(Br)c2)cc1. The van der Waals surface area contributed by atoms with Gasteiger partial charge in [-0.25, -0.2) is 0 Å². The first kappa shape index (κ1) is 21.8. The fourth-order valence-electron chi connectivity index (χ4n) is 2.62. The van der Waals surface area contributed by atoms with Crippen LogP contribution in [0.1, 0.15) is 16.7 Å². The maximum absolute atomic E-state index is 12.4. The first-order valence-electron chi connectivity index (χ1n) is 9.11. The van der Waals surface area contributed by atoms with Gasteiger partial charge in [-0.3, -0.25) is 4.79 Å². The van der Waals surface area contributed by atoms with Gasteiger partial charge < -0.3 is 10.1 Å². The molecule has 0 fully saturated rings. The van der Waals surface area contributed by atoms with Gasteiger partial charge in [0.05, 0.1) is 4.47 Å². The van der Waals surface area contributed by atoms with E-state index in [4.69, 9.17) is 4.74 Å². The minimum absolute atomic E-state index is 0.0194. The lowest BCUT2D eigenvalue weighted by atomic mass is 10.1. The molecule has 0 aliphatic heterocycles. The summed E-state index contributed by atoms with van der Waals surface area (Å²) in [5, 5.41) is 12.2. The molecule has 0 aliphatic carbocycles. The fourth-order valence-corrected chi connectivity index (χ4v) is 3.39. The number of benzene rings is 3. The predicted octanol–water partition coefficient (Wildman–Crippen LogP) is 6.64. The van der Waals surface area contributed by atoms with Crippen molar-refractivity contribution in [3.63, 3.8) is 0 Å². The number of rotatable bonds is 6. The predicted molar refractivity (Wildman–Crippen MR) is 126 cm³/mol. The Bertz CT molecular complexity index is 1120. The molecule has 3 aromatic rings. The molecule has 0 spiro atoms. The number of hydrogen-bond acceptors (Lipinski definition) is 3. The van der Waals surface area contributed by atoms with Gasteiger partial charge in [0.2, 0.25) is 0 Å². The van der Waals surface area contributed by atoms with Crippen molar-refractivity contribution in [1.29, 1.82) is 5.26 Å². The highest BCUT2D eigenvalue weighted by Crippen LogP contribution is 2.28. The van der Waals surface area contributed by atoms with Gasteiger partial charge in [0, 0.05) is 10.2 Å². The Hall–Kier alpha value is -2.88. The number of amides is 1. The highest BCUT2D eigenvalue weighted by Gasteiger charge is 2.10. The fraction of sp³-hybridized carbons (Fsp3) is 0.0833. The quantitative estimate of drug-likeness (QED) is 0.289. The lowest BCUT2D eigenvalue weighted by molar-refractivity contribution is -0.112. The summed E-state index contributed by atoms with van der Waals surface area (Å²) < 4.78 is 7.62. The van der Waals surface area contributed by atoms with E-state index in [2.05, 4.69) is 37.2 Å². The number of nitriles is 1. The zero-order valence-electron chi connectivity index (χ0n) is 16.2. The molecule has 0 saturated carbocycles. The van der Waals surface area contributed by atoms with E-state index in [9.17, 15) is 10.1 Å². The molecule has 30 heavy (non-hydrogen) atoms. The Morgan fingerprint density at radius 3 is 2.40 bits per heavy atom. The molecular formula is C24H18Br2N2O2. The summed E-state index contributed by atoms with van der Waals surface area (Å²) in [6.45, 7) is 2.40. The molecule has 0 bridgehead atoms. The van der Waals surface area contributed by atoms with E-state index in [0.29, 0.717) is 23.6 Å². The number of ether oxygens (including phenoxy) is 1. The zero-order chi connectivity index (χ0) is 21.5. The molecule has 0 unspecified atom stereocenters. The van der Waals surface area contributed by atoms with E-state index >= 15 is 0 Å². The number of hydrogen-bond donors (Lipinski definition) is 1. The van der Waals surface area contributed by atoms with E-state index in [0.717, 1.165) is 20.1 Å². The Morgan fingerprint density at radius 2 is 1.77 bits per heavy atom. The maximum Gasteiger partial charge on any atom is 0.266 e. The molecule has 3 rings (SSSR count). The van der Waals surface area contributed by atoms with Crippen LogP contribution in [0.2, 0.25) is 0 Å². The van der Waals surface area contributed by atoms with Crippen molar-refractivity contribution in [2.75, 3.05) is 5.32 Å². The number of anilines is 1. The summed E-state index contributed by atoms with van der Waals surface area (Å²) in [6.07, 6.45) is 1.55. The molecule has 0 heterocycles. The third kappa shape index (κ3) is 6.06. The normalized spacial score (nSPS) is 10.9. The molecule has 4 nitrogen and oxygen atoms in total. The highest BCUT2D eigenvalue weighted by atomic mass is 79.9. The lowest BCUT2D eigenvalue weighted by Crippen LogP contribution is -2.13. The molecule has 0 aliphatic rings. The van der Waals surface area contributed by atoms with Crippen LogP contribution in [0.4, 0.5) is 5.69 Å². The topological polar surface area (TPSA) is 62.1 Å². The molecule has 0 saturated heterocycles. The van der Waals surface area contributed by atoms with Crippen LogP contribution in [0.3, 0.4) is 0 Å². The smallest absolute Gasteiger partial charge is 0.266 e. The number of carbonyl (C=O) groups excluding carboxylic acids is 1. The van der Waals surface area contributed by atoms with Gasteiger partial charge in [0.15, 0.2) is 0 Å². The molecule has 150 valence electrons. The van der Waals surface area contributed by atoms with Crippen molar-refractivity contribution in [1.82, 2.24) is 0 Å². The molecule has 0 radical (unpaired) electrons. The Morgan fingerprint density at radius 1 is 1.07 bits per heavy atom. The van der Waals surface area contributed by atoms with Crippen molar-refractivity contribution >= 4 is 49.5 Å². The summed E-state index contributed by atoms with van der Waals surface area (Å²) in [4.78, 5) is 12.4. The van der Waals surface area contributed by atoms with Gasteiger partial charge in [-0.1, -0.05) is 51.8 Å². The standard InChI is InChI=1S/C24H18Br2N2O2/c1-16-2-9-21(10-3-16)28-24(29)19(14-27)12-18-6-11-23(22(26)13-18)30-15-17-4-7-20(25)8-5-17/h2-13H,15H2,1H3,(H,28,29)/b19-12+. The van der Waals surface area contributed by atoms with Gasteiger partial charge in [-0.2, -0.15) is 5.26 Å². The van der Waals surface area contributed by atoms with Gasteiger partial charge in [-0.05, 0) is 76.5 Å².